The van der Waals surface area contributed by atoms with Crippen molar-refractivity contribution < 1.29 is 23.1 Å². The molecule has 0 saturated heterocycles. The Labute approximate surface area is 216 Å². The van der Waals surface area contributed by atoms with Crippen molar-refractivity contribution in [3.05, 3.63) is 90.0 Å². The Morgan fingerprint density at radius 2 is 1.73 bits per heavy atom. The number of amides is 2. The van der Waals surface area contributed by atoms with E-state index < -0.39 is 16.1 Å². The first-order chi connectivity index (χ1) is 17.7. The monoisotopic (exact) mass is 520 g/mol. The van der Waals surface area contributed by atoms with E-state index in [1.54, 1.807) is 43.4 Å². The second-order valence-electron chi connectivity index (χ2n) is 8.70. The van der Waals surface area contributed by atoms with Gasteiger partial charge in [-0.15, -0.1) is 0 Å². The van der Waals surface area contributed by atoms with Gasteiger partial charge in [-0.05, 0) is 17.0 Å². The average molecular weight is 521 g/mol. The number of rotatable bonds is 8. The third-order valence-electron chi connectivity index (χ3n) is 6.14. The SMILES string of the molecule is CN(Cc1ccc(C2=NCCN2C(=O)O)cc1)C(=O)C=CCN(C)S(=O)(=O)c1cccc2ccccc12. The molecule has 1 aliphatic rings. The molecule has 3 aromatic rings. The fraction of sp³-hybridized carbons (Fsp3) is 0.222. The number of carboxylic acid groups (broad SMARTS) is 1. The molecule has 192 valence electrons. The van der Waals surface area contributed by atoms with Crippen LogP contribution in [0.2, 0.25) is 0 Å². The maximum Gasteiger partial charge on any atom is 0.413 e. The largest absolute Gasteiger partial charge is 0.465 e. The van der Waals surface area contributed by atoms with Crippen molar-refractivity contribution in [2.24, 2.45) is 4.99 Å². The molecule has 4 rings (SSSR count). The number of likely N-dealkylation sites (N-methyl/N-ethyl adjacent to an activating group) is 2. The number of benzene rings is 3. The molecule has 3 aromatic carbocycles. The highest BCUT2D eigenvalue weighted by Crippen LogP contribution is 2.25. The number of carbonyl (C=O) groups is 2. The lowest BCUT2D eigenvalue weighted by Gasteiger charge is -2.18. The van der Waals surface area contributed by atoms with Crippen LogP contribution in [0.3, 0.4) is 0 Å². The molecule has 0 aromatic heterocycles. The van der Waals surface area contributed by atoms with Gasteiger partial charge in [0.2, 0.25) is 15.9 Å². The summed E-state index contributed by atoms with van der Waals surface area (Å²) in [5.41, 5.74) is 1.57. The molecule has 0 atom stereocenters. The van der Waals surface area contributed by atoms with Crippen molar-refractivity contribution >= 4 is 38.6 Å². The lowest BCUT2D eigenvalue weighted by molar-refractivity contribution is -0.125. The molecule has 0 unspecified atom stereocenters. The second kappa shape index (κ2) is 10.9. The van der Waals surface area contributed by atoms with Crippen molar-refractivity contribution in [3.8, 4) is 0 Å². The predicted octanol–water partition coefficient (Wildman–Crippen LogP) is 3.42. The number of nitrogens with zero attached hydrogens (tertiary/aromatic N) is 4. The number of amidine groups is 1. The van der Waals surface area contributed by atoms with Crippen molar-refractivity contribution in [1.82, 2.24) is 14.1 Å². The topological polar surface area (TPSA) is 111 Å². The quantitative estimate of drug-likeness (QED) is 0.458. The fourth-order valence-corrected chi connectivity index (χ4v) is 5.44. The van der Waals surface area contributed by atoms with Crippen molar-refractivity contribution in [2.45, 2.75) is 11.4 Å². The summed E-state index contributed by atoms with van der Waals surface area (Å²) in [5.74, 6) is 0.159. The third kappa shape index (κ3) is 5.71. The molecule has 0 fully saturated rings. The Kier molecular flexibility index (Phi) is 7.70. The summed E-state index contributed by atoms with van der Waals surface area (Å²) in [6.07, 6.45) is 1.86. The molecule has 0 aliphatic carbocycles. The Hall–Kier alpha value is -4.02. The van der Waals surface area contributed by atoms with Gasteiger partial charge in [0.1, 0.15) is 5.84 Å². The molecule has 37 heavy (non-hydrogen) atoms. The van der Waals surface area contributed by atoms with E-state index in [-0.39, 0.29) is 17.3 Å². The van der Waals surface area contributed by atoms with E-state index in [0.717, 1.165) is 10.9 Å². The van der Waals surface area contributed by atoms with Crippen LogP contribution < -0.4 is 0 Å². The zero-order valence-electron chi connectivity index (χ0n) is 20.6. The van der Waals surface area contributed by atoms with E-state index in [1.807, 2.05) is 30.3 Å². The first-order valence-corrected chi connectivity index (χ1v) is 13.1. The van der Waals surface area contributed by atoms with E-state index in [2.05, 4.69) is 4.99 Å². The standard InChI is InChI=1S/C27H28N4O5S/c1-29(19-20-12-14-22(15-13-20)26-28-16-18-31(26)27(33)34)25(32)11-6-17-30(2)37(35,36)24-10-5-8-21-7-3-4-9-23(21)24/h3-15H,16-19H2,1-2H3,(H,33,34). The highest BCUT2D eigenvalue weighted by molar-refractivity contribution is 7.89. The van der Waals surface area contributed by atoms with Gasteiger partial charge in [0.25, 0.3) is 0 Å². The van der Waals surface area contributed by atoms with Gasteiger partial charge in [0.05, 0.1) is 18.0 Å². The van der Waals surface area contributed by atoms with Crippen LogP contribution in [0.1, 0.15) is 11.1 Å². The summed E-state index contributed by atoms with van der Waals surface area (Å²) in [6.45, 7) is 1.16. The van der Waals surface area contributed by atoms with Gasteiger partial charge in [-0.25, -0.2) is 13.2 Å². The number of hydrogen-bond donors (Lipinski definition) is 1. The third-order valence-corrected chi connectivity index (χ3v) is 8.02. The van der Waals surface area contributed by atoms with Crippen LogP contribution in [0, 0.1) is 0 Å². The van der Waals surface area contributed by atoms with E-state index >= 15 is 0 Å². The van der Waals surface area contributed by atoms with Crippen LogP contribution in [-0.4, -0.2) is 79.2 Å². The number of hydrogen-bond acceptors (Lipinski definition) is 5. The minimum absolute atomic E-state index is 0.0437. The highest BCUT2D eigenvalue weighted by atomic mass is 32.2. The molecule has 0 spiro atoms. The molecule has 1 heterocycles. The fourth-order valence-electron chi connectivity index (χ4n) is 4.11. The number of aliphatic imine (C=N–C) groups is 1. The highest BCUT2D eigenvalue weighted by Gasteiger charge is 2.24. The van der Waals surface area contributed by atoms with E-state index in [4.69, 9.17) is 0 Å². The maximum atomic E-state index is 13.1. The molecule has 2 amide bonds. The first-order valence-electron chi connectivity index (χ1n) is 11.7. The number of sulfonamides is 1. The molecule has 0 bridgehead atoms. The molecule has 0 radical (unpaired) electrons. The van der Waals surface area contributed by atoms with E-state index in [0.29, 0.717) is 36.4 Å². The minimum atomic E-state index is -3.75. The van der Waals surface area contributed by atoms with Crippen LogP contribution in [0.5, 0.6) is 0 Å². The summed E-state index contributed by atoms with van der Waals surface area (Å²) in [4.78, 5) is 31.2. The van der Waals surface area contributed by atoms with Gasteiger partial charge in [0, 0.05) is 44.2 Å². The van der Waals surface area contributed by atoms with Crippen molar-refractivity contribution in [2.75, 3.05) is 33.7 Å². The van der Waals surface area contributed by atoms with Crippen molar-refractivity contribution in [1.29, 1.82) is 0 Å². The maximum absolute atomic E-state index is 13.1. The Balaban J connectivity index is 1.35. The van der Waals surface area contributed by atoms with Crippen LogP contribution in [0.25, 0.3) is 10.8 Å². The van der Waals surface area contributed by atoms with Gasteiger partial charge in [-0.2, -0.15) is 4.31 Å². The lowest BCUT2D eigenvalue weighted by Crippen LogP contribution is -2.33. The Morgan fingerprint density at radius 1 is 1.03 bits per heavy atom. The molecule has 0 saturated carbocycles. The Bertz CT molecular complexity index is 1480. The van der Waals surface area contributed by atoms with Crippen LogP contribution in [-0.2, 0) is 21.4 Å². The minimum Gasteiger partial charge on any atom is -0.465 e. The lowest BCUT2D eigenvalue weighted by atomic mass is 10.1. The van der Waals surface area contributed by atoms with Gasteiger partial charge in [0.15, 0.2) is 0 Å². The van der Waals surface area contributed by atoms with Gasteiger partial charge in [-0.1, -0.05) is 66.7 Å². The summed E-state index contributed by atoms with van der Waals surface area (Å²) < 4.78 is 27.5. The molecular formula is C27H28N4O5S. The summed E-state index contributed by atoms with van der Waals surface area (Å²) in [6, 6.07) is 19.7. The first kappa shape index (κ1) is 26.1. The molecule has 1 N–H and O–H groups in total. The van der Waals surface area contributed by atoms with Gasteiger partial charge < -0.3 is 10.0 Å². The average Bonchev–Trinajstić information content (AvgIpc) is 3.39. The van der Waals surface area contributed by atoms with Gasteiger partial charge >= 0.3 is 6.09 Å². The molecule has 10 heteroatoms. The van der Waals surface area contributed by atoms with Crippen molar-refractivity contribution in [3.63, 3.8) is 0 Å². The zero-order valence-corrected chi connectivity index (χ0v) is 21.4. The smallest absolute Gasteiger partial charge is 0.413 e. The van der Waals surface area contributed by atoms with E-state index in [1.165, 1.54) is 33.3 Å². The molecule has 1 aliphatic heterocycles. The normalized spacial score (nSPS) is 13.9. The van der Waals surface area contributed by atoms with Crippen LogP contribution in [0.4, 0.5) is 4.79 Å². The summed E-state index contributed by atoms with van der Waals surface area (Å²) >= 11 is 0. The van der Waals surface area contributed by atoms with Gasteiger partial charge in [-0.3, -0.25) is 14.7 Å². The van der Waals surface area contributed by atoms with Crippen LogP contribution in [0.15, 0.2) is 88.8 Å². The number of carbonyl (C=O) groups excluding carboxylic acids is 1. The summed E-state index contributed by atoms with van der Waals surface area (Å²) in [7, 11) is -0.605. The Morgan fingerprint density at radius 3 is 2.46 bits per heavy atom. The number of fused-ring (bicyclic) bond motifs is 1. The zero-order chi connectivity index (χ0) is 26.6. The summed E-state index contributed by atoms with van der Waals surface area (Å²) in [5, 5.41) is 10.8. The second-order valence-corrected chi connectivity index (χ2v) is 10.7. The molecular weight excluding hydrogens is 492 g/mol. The molecule has 9 nitrogen and oxygen atoms in total. The van der Waals surface area contributed by atoms with Crippen LogP contribution >= 0.6 is 0 Å². The van der Waals surface area contributed by atoms with E-state index in [9.17, 15) is 23.1 Å². The predicted molar refractivity (Wildman–Crippen MR) is 142 cm³/mol.